The molecule has 0 aromatic heterocycles. The van der Waals surface area contributed by atoms with Crippen LogP contribution in [0.2, 0.25) is 0 Å². The molecule has 1 fully saturated rings. The molecule has 0 radical (unpaired) electrons. The van der Waals surface area contributed by atoms with Gasteiger partial charge in [0.05, 0.1) is 0 Å². The van der Waals surface area contributed by atoms with E-state index in [1.54, 1.807) is 0 Å². The molecule has 0 saturated heterocycles. The van der Waals surface area contributed by atoms with Gasteiger partial charge in [-0.05, 0) is 42.0 Å². The molecule has 2 N–H and O–H groups in total. The molecule has 5 heteroatoms. The van der Waals surface area contributed by atoms with E-state index in [0.717, 1.165) is 30.7 Å². The number of hydrogen-bond acceptors (Lipinski definition) is 2. The molecule has 134 valence electrons. The van der Waals surface area contributed by atoms with Crippen LogP contribution < -0.4 is 15.4 Å². The molecule has 0 amide bonds. The lowest BCUT2D eigenvalue weighted by molar-refractivity contribution is 0.305. The third-order valence-corrected chi connectivity index (χ3v) is 4.18. The average Bonchev–Trinajstić information content (AvgIpc) is 3.46. The fraction of sp³-hybridized carbons (Fsp3) is 0.350. The summed E-state index contributed by atoms with van der Waals surface area (Å²) in [5.41, 5.74) is 2.41. The minimum Gasteiger partial charge on any atom is -0.489 e. The van der Waals surface area contributed by atoms with Gasteiger partial charge >= 0.3 is 0 Å². The van der Waals surface area contributed by atoms with Gasteiger partial charge in [0.1, 0.15) is 12.4 Å². The Labute approximate surface area is 167 Å². The zero-order chi connectivity index (χ0) is 16.6. The summed E-state index contributed by atoms with van der Waals surface area (Å²) in [7, 11) is 1.81. The molecular formula is C20H26IN3O. The first-order valence-corrected chi connectivity index (χ1v) is 8.54. The van der Waals surface area contributed by atoms with Crippen LogP contribution >= 0.6 is 24.0 Å². The van der Waals surface area contributed by atoms with Crippen LogP contribution in [0.25, 0.3) is 0 Å². The van der Waals surface area contributed by atoms with E-state index in [4.69, 9.17) is 4.74 Å². The van der Waals surface area contributed by atoms with Gasteiger partial charge in [-0.3, -0.25) is 4.99 Å². The fourth-order valence-corrected chi connectivity index (χ4v) is 2.51. The number of ether oxygens (including phenoxy) is 1. The van der Waals surface area contributed by atoms with Gasteiger partial charge in [0, 0.05) is 20.1 Å². The van der Waals surface area contributed by atoms with Crippen molar-refractivity contribution in [3.63, 3.8) is 0 Å². The largest absolute Gasteiger partial charge is 0.489 e. The van der Waals surface area contributed by atoms with Crippen molar-refractivity contribution in [2.24, 2.45) is 10.9 Å². The number of hydrogen-bond donors (Lipinski definition) is 2. The number of guanidine groups is 1. The van der Waals surface area contributed by atoms with Gasteiger partial charge in [0.25, 0.3) is 0 Å². The predicted octanol–water partition coefficient (Wildman–Crippen LogP) is 3.96. The van der Waals surface area contributed by atoms with Crippen molar-refractivity contribution in [3.05, 3.63) is 65.7 Å². The Bertz CT molecular complexity index is 672. The Balaban J connectivity index is 0.00000225. The molecule has 1 saturated carbocycles. The molecule has 0 heterocycles. The lowest BCUT2D eigenvalue weighted by Gasteiger charge is -2.14. The van der Waals surface area contributed by atoms with Crippen LogP contribution in [0.15, 0.2) is 59.6 Å². The second kappa shape index (κ2) is 10.3. The van der Waals surface area contributed by atoms with E-state index in [1.807, 2.05) is 43.4 Å². The quantitative estimate of drug-likeness (QED) is 0.381. The van der Waals surface area contributed by atoms with Crippen molar-refractivity contribution in [1.82, 2.24) is 10.6 Å². The molecule has 3 rings (SSSR count). The maximum absolute atomic E-state index is 5.88. The SMILES string of the molecule is CN=C(NCc1ccccc1COc1ccccc1)NCC1CC1.I. The molecule has 1 aliphatic carbocycles. The Morgan fingerprint density at radius 3 is 2.36 bits per heavy atom. The molecule has 0 aliphatic heterocycles. The standard InChI is InChI=1S/C20H25N3O.HI/c1-21-20(22-13-16-11-12-16)23-14-17-7-5-6-8-18(17)15-24-19-9-3-2-4-10-19;/h2-10,16H,11-15H2,1H3,(H2,21,22,23);1H. The Hall–Kier alpha value is -1.76. The smallest absolute Gasteiger partial charge is 0.191 e. The first kappa shape index (κ1) is 19.6. The van der Waals surface area contributed by atoms with Gasteiger partial charge in [-0.1, -0.05) is 42.5 Å². The summed E-state index contributed by atoms with van der Waals surface area (Å²) in [5.74, 6) is 2.58. The maximum Gasteiger partial charge on any atom is 0.191 e. The van der Waals surface area contributed by atoms with Gasteiger partial charge in [0.15, 0.2) is 5.96 Å². The monoisotopic (exact) mass is 451 g/mol. The van der Waals surface area contributed by atoms with E-state index in [0.29, 0.717) is 6.61 Å². The number of para-hydroxylation sites is 1. The van der Waals surface area contributed by atoms with Gasteiger partial charge in [0.2, 0.25) is 0 Å². The topological polar surface area (TPSA) is 45.7 Å². The summed E-state index contributed by atoms with van der Waals surface area (Å²) >= 11 is 0. The van der Waals surface area contributed by atoms with E-state index in [-0.39, 0.29) is 24.0 Å². The van der Waals surface area contributed by atoms with Gasteiger partial charge in [-0.25, -0.2) is 0 Å². The number of benzene rings is 2. The van der Waals surface area contributed by atoms with Crippen LogP contribution in [0.1, 0.15) is 24.0 Å². The molecule has 1 aliphatic rings. The molecule has 2 aromatic rings. The number of nitrogens with zero attached hydrogens (tertiary/aromatic N) is 1. The summed E-state index contributed by atoms with van der Waals surface area (Å²) in [6.45, 7) is 2.31. The maximum atomic E-state index is 5.88. The van der Waals surface area contributed by atoms with Crippen molar-refractivity contribution >= 4 is 29.9 Å². The molecular weight excluding hydrogens is 425 g/mol. The van der Waals surface area contributed by atoms with Crippen molar-refractivity contribution < 1.29 is 4.74 Å². The summed E-state index contributed by atoms with van der Waals surface area (Å²) in [5, 5.41) is 6.78. The second-order valence-corrected chi connectivity index (χ2v) is 6.12. The molecule has 0 atom stereocenters. The van der Waals surface area contributed by atoms with Crippen molar-refractivity contribution in [1.29, 1.82) is 0 Å². The number of nitrogens with one attached hydrogen (secondary N) is 2. The highest BCUT2D eigenvalue weighted by molar-refractivity contribution is 14.0. The zero-order valence-electron chi connectivity index (χ0n) is 14.6. The zero-order valence-corrected chi connectivity index (χ0v) is 16.9. The van der Waals surface area contributed by atoms with Gasteiger partial charge in [-0.15, -0.1) is 24.0 Å². The summed E-state index contributed by atoms with van der Waals surface area (Å²) in [6, 6.07) is 18.3. The van der Waals surface area contributed by atoms with Gasteiger partial charge in [-0.2, -0.15) is 0 Å². The highest BCUT2D eigenvalue weighted by atomic mass is 127. The van der Waals surface area contributed by atoms with Crippen LogP contribution in [0, 0.1) is 5.92 Å². The van der Waals surface area contributed by atoms with Crippen molar-refractivity contribution in [3.8, 4) is 5.75 Å². The molecule has 0 unspecified atom stereocenters. The molecule has 0 bridgehead atoms. The molecule has 25 heavy (non-hydrogen) atoms. The lowest BCUT2D eigenvalue weighted by Crippen LogP contribution is -2.38. The minimum atomic E-state index is 0. The first-order chi connectivity index (χ1) is 11.8. The van der Waals surface area contributed by atoms with Crippen molar-refractivity contribution in [2.75, 3.05) is 13.6 Å². The second-order valence-electron chi connectivity index (χ2n) is 6.12. The highest BCUT2D eigenvalue weighted by Gasteiger charge is 2.21. The Morgan fingerprint density at radius 1 is 1.00 bits per heavy atom. The minimum absolute atomic E-state index is 0. The van der Waals surface area contributed by atoms with Crippen LogP contribution in [-0.2, 0) is 13.2 Å². The third-order valence-electron chi connectivity index (χ3n) is 4.18. The summed E-state index contributed by atoms with van der Waals surface area (Å²) in [4.78, 5) is 4.29. The molecule has 4 nitrogen and oxygen atoms in total. The lowest BCUT2D eigenvalue weighted by atomic mass is 10.1. The van der Waals surface area contributed by atoms with E-state index in [2.05, 4.69) is 33.8 Å². The van der Waals surface area contributed by atoms with E-state index < -0.39 is 0 Å². The van der Waals surface area contributed by atoms with E-state index >= 15 is 0 Å². The highest BCUT2D eigenvalue weighted by Crippen LogP contribution is 2.27. The first-order valence-electron chi connectivity index (χ1n) is 8.54. The van der Waals surface area contributed by atoms with Gasteiger partial charge < -0.3 is 15.4 Å². The number of halogens is 1. The van der Waals surface area contributed by atoms with E-state index in [9.17, 15) is 0 Å². The average molecular weight is 451 g/mol. The Morgan fingerprint density at radius 2 is 1.68 bits per heavy atom. The third kappa shape index (κ3) is 6.57. The van der Waals surface area contributed by atoms with Crippen LogP contribution in [0.4, 0.5) is 0 Å². The Kier molecular flexibility index (Phi) is 8.04. The fourth-order valence-electron chi connectivity index (χ4n) is 2.51. The van der Waals surface area contributed by atoms with Crippen molar-refractivity contribution in [2.45, 2.75) is 26.0 Å². The van der Waals surface area contributed by atoms with Crippen LogP contribution in [0.5, 0.6) is 5.75 Å². The molecule has 2 aromatic carbocycles. The van der Waals surface area contributed by atoms with Crippen LogP contribution in [0.3, 0.4) is 0 Å². The normalized spacial score (nSPS) is 13.7. The predicted molar refractivity (Wildman–Crippen MR) is 114 cm³/mol. The number of rotatable bonds is 7. The summed E-state index contributed by atoms with van der Waals surface area (Å²) < 4.78 is 5.88. The van der Waals surface area contributed by atoms with Crippen LogP contribution in [-0.4, -0.2) is 19.6 Å². The number of aliphatic imine (C=N–C) groups is 1. The summed E-state index contributed by atoms with van der Waals surface area (Å²) in [6.07, 6.45) is 2.67. The van der Waals surface area contributed by atoms with E-state index in [1.165, 1.54) is 24.0 Å². The molecule has 0 spiro atoms.